The van der Waals surface area contributed by atoms with Crippen molar-refractivity contribution in [3.05, 3.63) is 21.9 Å². The number of aliphatic hydroxyl groups excluding tert-OH is 1. The molecule has 0 aromatic carbocycles. The molecule has 21 heavy (non-hydrogen) atoms. The highest BCUT2D eigenvalue weighted by atomic mass is 32.1. The Hall–Kier alpha value is -1.31. The lowest BCUT2D eigenvalue weighted by atomic mass is 10.0. The molecule has 0 saturated carbocycles. The first-order chi connectivity index (χ1) is 10.0. The van der Waals surface area contributed by atoms with Crippen LogP contribution in [0.15, 0.2) is 12.1 Å². The van der Waals surface area contributed by atoms with E-state index in [2.05, 4.69) is 31.0 Å². The zero-order valence-electron chi connectivity index (χ0n) is 13.1. The van der Waals surface area contributed by atoms with Crippen LogP contribution in [0.5, 0.6) is 0 Å². The highest BCUT2D eigenvalue weighted by Crippen LogP contribution is 2.16. The SMILES string of the molecule is CC(C)CCCC(C)NC(=O)c1ccc(C#CCCO)s1. The molecule has 1 rings (SSSR count). The van der Waals surface area contributed by atoms with Crippen LogP contribution in [-0.4, -0.2) is 23.7 Å². The van der Waals surface area contributed by atoms with Crippen LogP contribution in [0, 0.1) is 17.8 Å². The molecule has 1 aromatic heterocycles. The van der Waals surface area contributed by atoms with E-state index in [0.29, 0.717) is 17.2 Å². The Bertz CT molecular complexity index is 496. The second-order valence-electron chi connectivity index (χ2n) is 5.64. The Morgan fingerprint density at radius 1 is 1.33 bits per heavy atom. The number of nitrogens with one attached hydrogen (secondary N) is 1. The number of hydrogen-bond acceptors (Lipinski definition) is 3. The van der Waals surface area contributed by atoms with Crippen LogP contribution in [0.3, 0.4) is 0 Å². The normalized spacial score (nSPS) is 11.9. The van der Waals surface area contributed by atoms with E-state index in [1.165, 1.54) is 17.8 Å². The van der Waals surface area contributed by atoms with Crippen molar-refractivity contribution in [2.75, 3.05) is 6.61 Å². The molecule has 0 fully saturated rings. The third-order valence-corrected chi connectivity index (χ3v) is 4.07. The number of thiophene rings is 1. The average Bonchev–Trinajstić information content (AvgIpc) is 2.87. The summed E-state index contributed by atoms with van der Waals surface area (Å²) in [7, 11) is 0. The van der Waals surface area contributed by atoms with Crippen molar-refractivity contribution >= 4 is 17.2 Å². The molecule has 1 amide bonds. The van der Waals surface area contributed by atoms with Gasteiger partial charge in [-0.05, 0) is 31.4 Å². The first-order valence-electron chi connectivity index (χ1n) is 7.53. The standard InChI is InChI=1S/C17H25NO2S/c1-13(2)7-6-8-14(3)18-17(20)16-11-10-15(21-16)9-4-5-12-19/h10-11,13-14,19H,5-8,12H2,1-3H3,(H,18,20). The summed E-state index contributed by atoms with van der Waals surface area (Å²) in [4.78, 5) is 13.7. The molecule has 0 aliphatic rings. The Morgan fingerprint density at radius 2 is 2.10 bits per heavy atom. The van der Waals surface area contributed by atoms with Gasteiger partial charge < -0.3 is 10.4 Å². The lowest BCUT2D eigenvalue weighted by Crippen LogP contribution is -2.31. The number of hydrogen-bond donors (Lipinski definition) is 2. The Balaban J connectivity index is 2.43. The quantitative estimate of drug-likeness (QED) is 0.758. The first kappa shape index (κ1) is 17.7. The third-order valence-electron chi connectivity index (χ3n) is 3.07. The minimum absolute atomic E-state index is 0.0211. The molecule has 0 radical (unpaired) electrons. The van der Waals surface area contributed by atoms with E-state index in [0.717, 1.165) is 17.7 Å². The predicted octanol–water partition coefficient (Wildman–Crippen LogP) is 3.43. The molecule has 1 atom stereocenters. The Labute approximate surface area is 131 Å². The van der Waals surface area contributed by atoms with Gasteiger partial charge in [-0.25, -0.2) is 0 Å². The van der Waals surface area contributed by atoms with Crippen molar-refractivity contribution in [3.8, 4) is 11.8 Å². The summed E-state index contributed by atoms with van der Waals surface area (Å²) < 4.78 is 0. The van der Waals surface area contributed by atoms with E-state index in [-0.39, 0.29) is 18.6 Å². The zero-order chi connectivity index (χ0) is 15.7. The largest absolute Gasteiger partial charge is 0.395 e. The van der Waals surface area contributed by atoms with Crippen LogP contribution in [0.25, 0.3) is 0 Å². The van der Waals surface area contributed by atoms with Gasteiger partial charge in [0.1, 0.15) is 0 Å². The van der Waals surface area contributed by atoms with E-state index in [1.54, 1.807) is 0 Å². The van der Waals surface area contributed by atoms with Crippen LogP contribution in [0.4, 0.5) is 0 Å². The summed E-state index contributed by atoms with van der Waals surface area (Å²) in [6.45, 7) is 6.55. The van der Waals surface area contributed by atoms with Gasteiger partial charge in [0.05, 0.1) is 16.4 Å². The van der Waals surface area contributed by atoms with Crippen LogP contribution >= 0.6 is 11.3 Å². The van der Waals surface area contributed by atoms with Crippen LogP contribution < -0.4 is 5.32 Å². The lowest BCUT2D eigenvalue weighted by molar-refractivity contribution is 0.0942. The first-order valence-corrected chi connectivity index (χ1v) is 8.35. The average molecular weight is 307 g/mol. The van der Waals surface area contributed by atoms with Crippen molar-refractivity contribution in [1.82, 2.24) is 5.32 Å². The van der Waals surface area contributed by atoms with Gasteiger partial charge >= 0.3 is 0 Å². The monoisotopic (exact) mass is 307 g/mol. The Morgan fingerprint density at radius 3 is 2.76 bits per heavy atom. The maximum Gasteiger partial charge on any atom is 0.261 e. The van der Waals surface area contributed by atoms with E-state index in [4.69, 9.17) is 5.11 Å². The number of amides is 1. The fourth-order valence-corrected chi connectivity index (χ4v) is 2.72. The summed E-state index contributed by atoms with van der Waals surface area (Å²) in [5, 5.41) is 11.7. The zero-order valence-corrected chi connectivity index (χ0v) is 13.9. The van der Waals surface area contributed by atoms with Gasteiger partial charge in [0.2, 0.25) is 0 Å². The summed E-state index contributed by atoms with van der Waals surface area (Å²) in [6, 6.07) is 3.86. The molecule has 0 saturated heterocycles. The molecule has 116 valence electrons. The van der Waals surface area contributed by atoms with Crippen molar-refractivity contribution in [2.24, 2.45) is 5.92 Å². The fourth-order valence-electron chi connectivity index (χ4n) is 1.93. The molecule has 1 heterocycles. The summed E-state index contributed by atoms with van der Waals surface area (Å²) in [5.41, 5.74) is 0. The molecule has 1 aromatic rings. The van der Waals surface area contributed by atoms with Gasteiger partial charge in [-0.1, -0.05) is 38.5 Å². The summed E-state index contributed by atoms with van der Waals surface area (Å²) >= 11 is 1.39. The van der Waals surface area contributed by atoms with E-state index >= 15 is 0 Å². The number of aliphatic hydroxyl groups is 1. The minimum Gasteiger partial charge on any atom is -0.395 e. The molecule has 0 bridgehead atoms. The lowest BCUT2D eigenvalue weighted by Gasteiger charge is -2.13. The molecule has 3 nitrogen and oxygen atoms in total. The molecule has 4 heteroatoms. The maximum atomic E-state index is 12.1. The van der Waals surface area contributed by atoms with E-state index < -0.39 is 0 Å². The topological polar surface area (TPSA) is 49.3 Å². The second kappa shape index (κ2) is 9.59. The Kier molecular flexibility index (Phi) is 8.11. The molecular weight excluding hydrogens is 282 g/mol. The van der Waals surface area contributed by atoms with E-state index in [9.17, 15) is 4.79 Å². The van der Waals surface area contributed by atoms with Crippen LogP contribution in [0.2, 0.25) is 0 Å². The smallest absolute Gasteiger partial charge is 0.261 e. The number of rotatable bonds is 7. The summed E-state index contributed by atoms with van der Waals surface area (Å²) in [5.74, 6) is 6.50. The van der Waals surface area contributed by atoms with Gasteiger partial charge in [0, 0.05) is 12.5 Å². The molecule has 2 N–H and O–H groups in total. The van der Waals surface area contributed by atoms with Crippen molar-refractivity contribution in [2.45, 2.75) is 52.5 Å². The molecule has 0 spiro atoms. The van der Waals surface area contributed by atoms with Crippen molar-refractivity contribution in [3.63, 3.8) is 0 Å². The number of carbonyl (C=O) groups is 1. The number of carbonyl (C=O) groups excluding carboxylic acids is 1. The van der Waals surface area contributed by atoms with Gasteiger partial charge in [-0.3, -0.25) is 4.79 Å². The van der Waals surface area contributed by atoms with Crippen molar-refractivity contribution < 1.29 is 9.90 Å². The van der Waals surface area contributed by atoms with Gasteiger partial charge in [-0.15, -0.1) is 11.3 Å². The fraction of sp³-hybridized carbons (Fsp3) is 0.588. The summed E-state index contributed by atoms with van der Waals surface area (Å²) in [6.07, 6.45) is 3.82. The maximum absolute atomic E-state index is 12.1. The highest BCUT2D eigenvalue weighted by molar-refractivity contribution is 7.14. The van der Waals surface area contributed by atoms with Crippen molar-refractivity contribution in [1.29, 1.82) is 0 Å². The van der Waals surface area contributed by atoms with Gasteiger partial charge in [0.25, 0.3) is 5.91 Å². The molecule has 0 aliphatic heterocycles. The second-order valence-corrected chi connectivity index (χ2v) is 6.72. The molecular formula is C17H25NO2S. The highest BCUT2D eigenvalue weighted by Gasteiger charge is 2.11. The van der Waals surface area contributed by atoms with Gasteiger partial charge in [-0.2, -0.15) is 0 Å². The van der Waals surface area contributed by atoms with Crippen LogP contribution in [0.1, 0.15) is 61.0 Å². The molecule has 1 unspecified atom stereocenters. The minimum atomic E-state index is -0.0211. The third kappa shape index (κ3) is 7.31. The van der Waals surface area contributed by atoms with Crippen LogP contribution in [-0.2, 0) is 0 Å². The predicted molar refractivity (Wildman–Crippen MR) is 88.5 cm³/mol. The molecule has 0 aliphatic carbocycles. The van der Waals surface area contributed by atoms with Gasteiger partial charge in [0.15, 0.2) is 0 Å². The van der Waals surface area contributed by atoms with E-state index in [1.807, 2.05) is 19.1 Å².